The van der Waals surface area contributed by atoms with Crippen LogP contribution in [0.2, 0.25) is 0 Å². The normalized spacial score (nSPS) is 20.7. The maximum atomic E-state index is 14.0. The molecule has 27 heavy (non-hydrogen) atoms. The summed E-state index contributed by atoms with van der Waals surface area (Å²) in [5.41, 5.74) is 0.408. The van der Waals surface area contributed by atoms with E-state index in [1.54, 1.807) is 25.1 Å². The van der Waals surface area contributed by atoms with Crippen molar-refractivity contribution in [1.29, 1.82) is 0 Å². The number of rotatable bonds is 4. The minimum atomic E-state index is -0.852. The van der Waals surface area contributed by atoms with E-state index in [-0.39, 0.29) is 17.5 Å². The predicted octanol–water partition coefficient (Wildman–Crippen LogP) is 3.34. The van der Waals surface area contributed by atoms with Crippen LogP contribution in [-0.4, -0.2) is 24.0 Å². The molecule has 1 heterocycles. The van der Waals surface area contributed by atoms with Gasteiger partial charge < -0.3 is 20.1 Å². The van der Waals surface area contributed by atoms with Gasteiger partial charge in [0.25, 0.3) is 5.91 Å². The monoisotopic (exact) mass is 370 g/mol. The molecule has 2 atom stereocenters. The van der Waals surface area contributed by atoms with Crippen LogP contribution < -0.4 is 20.1 Å². The number of hydrogen-bond acceptors (Lipinski definition) is 4. The number of hydrogen-bond donors (Lipinski definition) is 2. The lowest BCUT2D eigenvalue weighted by Gasteiger charge is -2.31. The largest absolute Gasteiger partial charge is 0.482 e. The second-order valence-electron chi connectivity index (χ2n) is 6.76. The Morgan fingerprint density at radius 1 is 1.00 bits per heavy atom. The lowest BCUT2D eigenvalue weighted by molar-refractivity contribution is -0.128. The number of carbonyl (C=O) groups is 2. The molecule has 1 aliphatic carbocycles. The highest BCUT2D eigenvalue weighted by Gasteiger charge is 2.34. The third-order valence-corrected chi connectivity index (χ3v) is 4.54. The molecule has 0 radical (unpaired) electrons. The molecule has 2 aliphatic rings. The molecule has 1 saturated carbocycles. The summed E-state index contributed by atoms with van der Waals surface area (Å²) >= 11 is 0. The van der Waals surface area contributed by atoms with Crippen molar-refractivity contribution in [2.75, 3.05) is 10.6 Å². The first-order valence-electron chi connectivity index (χ1n) is 8.85. The zero-order valence-corrected chi connectivity index (χ0v) is 14.7. The number of para-hydroxylation sites is 2. The molecule has 6 nitrogen and oxygen atoms in total. The second kappa shape index (κ2) is 6.90. The number of ether oxygens (including phenoxy) is 2. The van der Waals surface area contributed by atoms with E-state index in [2.05, 4.69) is 10.6 Å². The number of fused-ring (bicyclic) bond motifs is 1. The van der Waals surface area contributed by atoms with Crippen LogP contribution in [0.4, 0.5) is 15.8 Å². The van der Waals surface area contributed by atoms with E-state index >= 15 is 0 Å². The van der Waals surface area contributed by atoms with Gasteiger partial charge in [0.15, 0.2) is 11.5 Å². The van der Waals surface area contributed by atoms with Gasteiger partial charge >= 0.3 is 0 Å². The summed E-state index contributed by atoms with van der Waals surface area (Å²) in [7, 11) is 0. The summed E-state index contributed by atoms with van der Waals surface area (Å²) in [5.74, 6) is -0.138. The number of amides is 2. The first kappa shape index (κ1) is 17.3. The third kappa shape index (κ3) is 3.72. The number of nitrogens with one attached hydrogen (secondary N) is 2. The molecule has 2 unspecified atom stereocenters. The molecular weight excluding hydrogens is 351 g/mol. The van der Waals surface area contributed by atoms with Gasteiger partial charge in [-0.15, -0.1) is 0 Å². The fraction of sp³-hybridized carbons (Fsp3) is 0.300. The highest BCUT2D eigenvalue weighted by Crippen LogP contribution is 2.34. The molecule has 2 aromatic carbocycles. The topological polar surface area (TPSA) is 76.7 Å². The Bertz CT molecular complexity index is 897. The summed E-state index contributed by atoms with van der Waals surface area (Å²) in [4.78, 5) is 24.5. The van der Waals surface area contributed by atoms with E-state index in [0.29, 0.717) is 17.2 Å². The van der Waals surface area contributed by atoms with Gasteiger partial charge in [0.2, 0.25) is 12.0 Å². The average Bonchev–Trinajstić information content (AvgIpc) is 3.49. The summed E-state index contributed by atoms with van der Waals surface area (Å²) in [5, 5.41) is 5.26. The molecule has 2 N–H and O–H groups in total. The van der Waals surface area contributed by atoms with Crippen molar-refractivity contribution in [3.05, 3.63) is 48.3 Å². The Hall–Kier alpha value is -3.09. The molecule has 140 valence electrons. The van der Waals surface area contributed by atoms with E-state index in [0.717, 1.165) is 12.8 Å². The highest BCUT2D eigenvalue weighted by atomic mass is 19.1. The van der Waals surface area contributed by atoms with Crippen LogP contribution >= 0.6 is 0 Å². The van der Waals surface area contributed by atoms with Crippen molar-refractivity contribution >= 4 is 23.2 Å². The lowest BCUT2D eigenvalue weighted by atomic mass is 10.1. The van der Waals surface area contributed by atoms with Crippen LogP contribution in [0, 0.1) is 11.7 Å². The Morgan fingerprint density at radius 2 is 1.70 bits per heavy atom. The number of halogens is 1. The van der Waals surface area contributed by atoms with Crippen molar-refractivity contribution in [2.24, 2.45) is 5.92 Å². The van der Waals surface area contributed by atoms with Crippen molar-refractivity contribution in [2.45, 2.75) is 32.0 Å². The Kier molecular flexibility index (Phi) is 4.43. The summed E-state index contributed by atoms with van der Waals surface area (Å²) in [6.45, 7) is 1.74. The van der Waals surface area contributed by atoms with Crippen LogP contribution in [0.25, 0.3) is 0 Å². The van der Waals surface area contributed by atoms with Crippen molar-refractivity contribution < 1.29 is 23.5 Å². The van der Waals surface area contributed by atoms with Crippen LogP contribution in [0.15, 0.2) is 42.5 Å². The van der Waals surface area contributed by atoms with Gasteiger partial charge in [0.1, 0.15) is 11.9 Å². The summed E-state index contributed by atoms with van der Waals surface area (Å²) in [6, 6.07) is 11.2. The van der Waals surface area contributed by atoms with Crippen LogP contribution in [-0.2, 0) is 9.59 Å². The van der Waals surface area contributed by atoms with E-state index in [9.17, 15) is 14.0 Å². The minimum absolute atomic E-state index is 0.0450. The van der Waals surface area contributed by atoms with E-state index < -0.39 is 23.9 Å². The first-order valence-corrected chi connectivity index (χ1v) is 8.85. The first-order chi connectivity index (χ1) is 13.0. The minimum Gasteiger partial charge on any atom is -0.482 e. The SMILES string of the molecule is CC1Oc2ccccc2OC1C(=O)Nc1ccc(F)c(NC(=O)C2CC2)c1. The van der Waals surface area contributed by atoms with Crippen LogP contribution in [0.3, 0.4) is 0 Å². The van der Waals surface area contributed by atoms with Gasteiger partial charge in [0.05, 0.1) is 5.69 Å². The summed E-state index contributed by atoms with van der Waals surface area (Å²) in [6.07, 6.45) is 0.300. The molecule has 0 aromatic heterocycles. The second-order valence-corrected chi connectivity index (χ2v) is 6.76. The Balaban J connectivity index is 1.47. The van der Waals surface area contributed by atoms with E-state index in [1.807, 2.05) is 6.07 Å². The molecule has 2 aromatic rings. The smallest absolute Gasteiger partial charge is 0.269 e. The predicted molar refractivity (Wildman–Crippen MR) is 97.3 cm³/mol. The molecule has 7 heteroatoms. The summed E-state index contributed by atoms with van der Waals surface area (Å²) < 4.78 is 25.4. The van der Waals surface area contributed by atoms with Crippen LogP contribution in [0.5, 0.6) is 11.5 Å². The van der Waals surface area contributed by atoms with Crippen molar-refractivity contribution in [3.63, 3.8) is 0 Å². The van der Waals surface area contributed by atoms with Crippen LogP contribution in [0.1, 0.15) is 19.8 Å². The van der Waals surface area contributed by atoms with Gasteiger partial charge in [-0.3, -0.25) is 9.59 Å². The maximum Gasteiger partial charge on any atom is 0.269 e. The number of benzene rings is 2. The van der Waals surface area contributed by atoms with Gasteiger partial charge in [-0.2, -0.15) is 0 Å². The van der Waals surface area contributed by atoms with Gasteiger partial charge in [-0.1, -0.05) is 12.1 Å². The van der Waals surface area contributed by atoms with E-state index in [1.165, 1.54) is 18.2 Å². The standard InChI is InChI=1S/C20H19FN2O4/c1-11-18(27-17-5-3-2-4-16(17)26-11)20(25)22-13-8-9-14(21)15(10-13)23-19(24)12-6-7-12/h2-5,8-12,18H,6-7H2,1H3,(H,22,25)(H,23,24). The molecule has 4 rings (SSSR count). The quantitative estimate of drug-likeness (QED) is 0.865. The fourth-order valence-electron chi connectivity index (χ4n) is 2.90. The molecule has 2 amide bonds. The molecule has 0 spiro atoms. The zero-order chi connectivity index (χ0) is 19.0. The van der Waals surface area contributed by atoms with E-state index in [4.69, 9.17) is 9.47 Å². The van der Waals surface area contributed by atoms with Crippen molar-refractivity contribution in [3.8, 4) is 11.5 Å². The highest BCUT2D eigenvalue weighted by molar-refractivity contribution is 5.97. The molecule has 0 bridgehead atoms. The zero-order valence-electron chi connectivity index (χ0n) is 14.7. The van der Waals surface area contributed by atoms with Crippen molar-refractivity contribution in [1.82, 2.24) is 0 Å². The third-order valence-electron chi connectivity index (χ3n) is 4.54. The van der Waals surface area contributed by atoms with Gasteiger partial charge in [0, 0.05) is 11.6 Å². The maximum absolute atomic E-state index is 14.0. The Labute approximate surface area is 155 Å². The Morgan fingerprint density at radius 3 is 2.41 bits per heavy atom. The molecule has 1 fully saturated rings. The lowest BCUT2D eigenvalue weighted by Crippen LogP contribution is -2.46. The molecular formula is C20H19FN2O4. The molecule has 0 saturated heterocycles. The fourth-order valence-corrected chi connectivity index (χ4v) is 2.90. The van der Waals surface area contributed by atoms with Gasteiger partial charge in [-0.05, 0) is 50.1 Å². The van der Waals surface area contributed by atoms with Gasteiger partial charge in [-0.25, -0.2) is 4.39 Å². The number of carbonyl (C=O) groups excluding carboxylic acids is 2. The molecule has 1 aliphatic heterocycles. The average molecular weight is 370 g/mol. The number of anilines is 2.